The highest BCUT2D eigenvalue weighted by Crippen LogP contribution is 2.25. The molecule has 0 spiro atoms. The minimum atomic E-state index is 0.141. The van der Waals surface area contributed by atoms with Gasteiger partial charge in [0.1, 0.15) is 0 Å². The first-order valence-electron chi connectivity index (χ1n) is 7.07. The summed E-state index contributed by atoms with van der Waals surface area (Å²) in [5.74, 6) is 3.49. The number of fused-ring (bicyclic) bond motifs is 1. The number of nitrogens with one attached hydrogen (secondary N) is 1. The van der Waals surface area contributed by atoms with Crippen LogP contribution in [-0.2, 0) is 18.7 Å². The van der Waals surface area contributed by atoms with E-state index in [0.717, 1.165) is 30.3 Å². The average molecular weight is 289 g/mol. The van der Waals surface area contributed by atoms with Crippen LogP contribution in [0.3, 0.4) is 0 Å². The summed E-state index contributed by atoms with van der Waals surface area (Å²) in [6.45, 7) is 3.04. The van der Waals surface area contributed by atoms with E-state index in [0.29, 0.717) is 5.89 Å². The predicted octanol–water partition coefficient (Wildman–Crippen LogP) is 3.10. The van der Waals surface area contributed by atoms with Gasteiger partial charge >= 0.3 is 0 Å². The van der Waals surface area contributed by atoms with E-state index in [1.807, 2.05) is 11.8 Å². The van der Waals surface area contributed by atoms with Gasteiger partial charge in [0.05, 0.1) is 11.8 Å². The first-order valence-corrected chi connectivity index (χ1v) is 8.22. The Balaban J connectivity index is 1.66. The van der Waals surface area contributed by atoms with E-state index < -0.39 is 0 Å². The van der Waals surface area contributed by atoms with Gasteiger partial charge in [0.2, 0.25) is 5.89 Å². The molecule has 2 heterocycles. The summed E-state index contributed by atoms with van der Waals surface area (Å²) in [7, 11) is 0. The van der Waals surface area contributed by atoms with Crippen molar-refractivity contribution in [3.05, 3.63) is 47.1 Å². The SMILES string of the molecule is CCCSCc1noc([C@H]2Cc3ccccc3CN2)n1. The first kappa shape index (κ1) is 13.6. The monoisotopic (exact) mass is 289 g/mol. The molecule has 1 aromatic heterocycles. The predicted molar refractivity (Wildman–Crippen MR) is 80.5 cm³/mol. The van der Waals surface area contributed by atoms with Crippen molar-refractivity contribution in [2.45, 2.75) is 38.1 Å². The molecule has 4 nitrogen and oxygen atoms in total. The standard InChI is InChI=1S/C15H19N3OS/c1-2-7-20-10-14-17-15(19-18-14)13-8-11-5-3-4-6-12(11)9-16-13/h3-6,13,16H,2,7-10H2,1H3/t13-/m1/s1. The van der Waals surface area contributed by atoms with Gasteiger partial charge in [0.25, 0.3) is 0 Å². The molecular weight excluding hydrogens is 270 g/mol. The topological polar surface area (TPSA) is 51.0 Å². The van der Waals surface area contributed by atoms with Crippen LogP contribution in [0.1, 0.15) is 42.2 Å². The molecule has 0 saturated carbocycles. The fourth-order valence-corrected chi connectivity index (χ4v) is 3.14. The maximum absolute atomic E-state index is 5.41. The van der Waals surface area contributed by atoms with Gasteiger partial charge in [-0.3, -0.25) is 0 Å². The van der Waals surface area contributed by atoms with Crippen LogP contribution < -0.4 is 5.32 Å². The highest BCUT2D eigenvalue weighted by atomic mass is 32.2. The maximum Gasteiger partial charge on any atom is 0.244 e. The number of nitrogens with zero attached hydrogens (tertiary/aromatic N) is 2. The van der Waals surface area contributed by atoms with E-state index in [9.17, 15) is 0 Å². The summed E-state index contributed by atoms with van der Waals surface area (Å²) in [5, 5.41) is 7.54. The Kier molecular flexibility index (Phi) is 4.38. The molecule has 0 unspecified atom stereocenters. The number of rotatable bonds is 5. The third kappa shape index (κ3) is 3.04. The molecule has 5 heteroatoms. The Hall–Kier alpha value is -1.33. The zero-order chi connectivity index (χ0) is 13.8. The van der Waals surface area contributed by atoms with Crippen molar-refractivity contribution < 1.29 is 4.52 Å². The minimum Gasteiger partial charge on any atom is -0.338 e. The molecule has 0 saturated heterocycles. The summed E-state index contributed by atoms with van der Waals surface area (Å²) in [5.41, 5.74) is 2.73. The molecule has 0 amide bonds. The van der Waals surface area contributed by atoms with Crippen molar-refractivity contribution in [3.8, 4) is 0 Å². The van der Waals surface area contributed by atoms with Crippen LogP contribution in [0.15, 0.2) is 28.8 Å². The van der Waals surface area contributed by atoms with Crippen molar-refractivity contribution in [2.75, 3.05) is 5.75 Å². The smallest absolute Gasteiger partial charge is 0.244 e. The van der Waals surface area contributed by atoms with Gasteiger partial charge in [0, 0.05) is 6.54 Å². The Morgan fingerprint density at radius 1 is 1.35 bits per heavy atom. The molecule has 3 rings (SSSR count). The molecule has 1 aliphatic rings. The third-order valence-corrected chi connectivity index (χ3v) is 4.60. The van der Waals surface area contributed by atoms with E-state index in [-0.39, 0.29) is 6.04 Å². The van der Waals surface area contributed by atoms with Crippen LogP contribution in [0.4, 0.5) is 0 Å². The first-order chi connectivity index (χ1) is 9.86. The second-order valence-corrected chi connectivity index (χ2v) is 6.11. The van der Waals surface area contributed by atoms with Crippen molar-refractivity contribution >= 4 is 11.8 Å². The lowest BCUT2D eigenvalue weighted by atomic mass is 9.96. The Morgan fingerprint density at radius 3 is 3.05 bits per heavy atom. The average Bonchev–Trinajstić information content (AvgIpc) is 2.96. The van der Waals surface area contributed by atoms with Gasteiger partial charge in [-0.1, -0.05) is 36.3 Å². The van der Waals surface area contributed by atoms with Crippen molar-refractivity contribution in [1.82, 2.24) is 15.5 Å². The highest BCUT2D eigenvalue weighted by Gasteiger charge is 2.23. The van der Waals surface area contributed by atoms with E-state index in [4.69, 9.17) is 4.52 Å². The largest absolute Gasteiger partial charge is 0.338 e. The fourth-order valence-electron chi connectivity index (χ4n) is 2.40. The maximum atomic E-state index is 5.41. The Morgan fingerprint density at radius 2 is 2.20 bits per heavy atom. The second kappa shape index (κ2) is 6.41. The molecule has 0 fully saturated rings. The second-order valence-electron chi connectivity index (χ2n) is 5.01. The molecule has 0 radical (unpaired) electrons. The number of hydrogen-bond acceptors (Lipinski definition) is 5. The number of thioether (sulfide) groups is 1. The van der Waals surface area contributed by atoms with Crippen molar-refractivity contribution in [2.24, 2.45) is 0 Å². The van der Waals surface area contributed by atoms with E-state index >= 15 is 0 Å². The quantitative estimate of drug-likeness (QED) is 0.857. The van der Waals surface area contributed by atoms with Gasteiger partial charge in [-0.05, 0) is 29.7 Å². The summed E-state index contributed by atoms with van der Waals surface area (Å²) >= 11 is 1.85. The molecular formula is C15H19N3OS. The fraction of sp³-hybridized carbons (Fsp3) is 0.467. The lowest BCUT2D eigenvalue weighted by Crippen LogP contribution is -2.28. The molecule has 1 aliphatic heterocycles. The van der Waals surface area contributed by atoms with Crippen LogP contribution >= 0.6 is 11.8 Å². The minimum absolute atomic E-state index is 0.141. The zero-order valence-corrected chi connectivity index (χ0v) is 12.4. The van der Waals surface area contributed by atoms with Gasteiger partial charge in [-0.2, -0.15) is 16.7 Å². The molecule has 0 bridgehead atoms. The lowest BCUT2D eigenvalue weighted by molar-refractivity contribution is 0.319. The summed E-state index contributed by atoms with van der Waals surface area (Å²) in [4.78, 5) is 4.52. The van der Waals surface area contributed by atoms with Crippen LogP contribution in [-0.4, -0.2) is 15.9 Å². The summed E-state index contributed by atoms with van der Waals surface area (Å²) in [6, 6.07) is 8.65. The molecule has 0 aliphatic carbocycles. The normalized spacial score (nSPS) is 17.9. The van der Waals surface area contributed by atoms with Gasteiger partial charge in [-0.25, -0.2) is 0 Å². The molecule has 2 aromatic rings. The van der Waals surface area contributed by atoms with Crippen LogP contribution in [0.5, 0.6) is 0 Å². The Labute approximate surface area is 123 Å². The zero-order valence-electron chi connectivity index (χ0n) is 11.6. The third-order valence-electron chi connectivity index (χ3n) is 3.44. The number of hydrogen-bond donors (Lipinski definition) is 1. The van der Waals surface area contributed by atoms with Gasteiger partial charge < -0.3 is 9.84 Å². The molecule has 1 aromatic carbocycles. The van der Waals surface area contributed by atoms with Crippen molar-refractivity contribution in [1.29, 1.82) is 0 Å². The molecule has 1 N–H and O–H groups in total. The van der Waals surface area contributed by atoms with Crippen molar-refractivity contribution in [3.63, 3.8) is 0 Å². The van der Waals surface area contributed by atoms with Crippen LogP contribution in [0.25, 0.3) is 0 Å². The summed E-state index contributed by atoms with van der Waals surface area (Å²) in [6.07, 6.45) is 2.09. The van der Waals surface area contributed by atoms with Crippen LogP contribution in [0, 0.1) is 0 Å². The summed E-state index contributed by atoms with van der Waals surface area (Å²) < 4.78 is 5.41. The molecule has 1 atom stereocenters. The number of benzene rings is 1. The highest BCUT2D eigenvalue weighted by molar-refractivity contribution is 7.98. The molecule has 106 valence electrons. The van der Waals surface area contributed by atoms with E-state index in [2.05, 4.69) is 46.6 Å². The molecule has 20 heavy (non-hydrogen) atoms. The van der Waals surface area contributed by atoms with E-state index in [1.54, 1.807) is 0 Å². The van der Waals surface area contributed by atoms with Crippen LogP contribution in [0.2, 0.25) is 0 Å². The number of aromatic nitrogens is 2. The lowest BCUT2D eigenvalue weighted by Gasteiger charge is -2.23. The Bertz CT molecular complexity index is 570. The van der Waals surface area contributed by atoms with Gasteiger partial charge in [0.15, 0.2) is 5.82 Å². The van der Waals surface area contributed by atoms with E-state index in [1.165, 1.54) is 17.5 Å². The van der Waals surface area contributed by atoms with Gasteiger partial charge in [-0.15, -0.1) is 0 Å².